The minimum Gasteiger partial charge on any atom is -0.0772 e. The lowest BCUT2D eigenvalue weighted by Gasteiger charge is -2.21. The molecule has 0 nitrogen and oxygen atoms in total. The van der Waals surface area contributed by atoms with Gasteiger partial charge in [-0.25, -0.2) is 0 Å². The maximum Gasteiger partial charge on any atom is 0.113 e. The molecule has 0 aromatic heterocycles. The first-order valence-corrected chi connectivity index (χ1v) is 5.45. The number of hydrogen-bond donors (Lipinski definition) is 0. The summed E-state index contributed by atoms with van der Waals surface area (Å²) in [5.74, 6) is 2.56. The highest BCUT2D eigenvalue weighted by atomic mass is 14.1. The van der Waals surface area contributed by atoms with Gasteiger partial charge in [0.1, 0.15) is 7.28 Å². The third-order valence-corrected chi connectivity index (χ3v) is 2.83. The van der Waals surface area contributed by atoms with E-state index in [4.69, 9.17) is 0 Å². The average molecular weight is 167 g/mol. The molecule has 0 heterocycles. The lowest BCUT2D eigenvalue weighted by molar-refractivity contribution is 0.361. The Hall–Kier alpha value is 0.0649. The van der Waals surface area contributed by atoms with Crippen molar-refractivity contribution in [3.05, 3.63) is 0 Å². The van der Waals surface area contributed by atoms with E-state index in [1.165, 1.54) is 19.2 Å². The zero-order chi connectivity index (χ0) is 9.56. The molecule has 0 bridgehead atoms. The molecule has 0 aliphatic heterocycles. The fourth-order valence-corrected chi connectivity index (χ4v) is 1.77. The van der Waals surface area contributed by atoms with E-state index in [9.17, 15) is 0 Å². The van der Waals surface area contributed by atoms with Crippen molar-refractivity contribution in [1.29, 1.82) is 0 Å². The summed E-state index contributed by atoms with van der Waals surface area (Å²) < 4.78 is 0. The van der Waals surface area contributed by atoms with Crippen LogP contribution in [0.25, 0.3) is 0 Å². The minimum absolute atomic E-state index is 0.752. The quantitative estimate of drug-likeness (QED) is 0.524. The van der Waals surface area contributed by atoms with Gasteiger partial charge in [-0.3, -0.25) is 0 Å². The zero-order valence-electron chi connectivity index (χ0n) is 9.43. The molecule has 1 atom stereocenters. The Balaban J connectivity index is 3.61. The predicted octanol–water partition coefficient (Wildman–Crippen LogP) is 4.01. The van der Waals surface area contributed by atoms with E-state index in [1.54, 1.807) is 0 Å². The van der Waals surface area contributed by atoms with Crippen molar-refractivity contribution in [2.75, 3.05) is 0 Å². The van der Waals surface area contributed by atoms with E-state index in [-0.39, 0.29) is 0 Å². The Kier molecular flexibility index (Phi) is 6.60. The van der Waals surface area contributed by atoms with Crippen molar-refractivity contribution in [1.82, 2.24) is 0 Å². The molecule has 0 aliphatic carbocycles. The Labute approximate surface area is 79.4 Å². The first-order valence-electron chi connectivity index (χ1n) is 5.45. The summed E-state index contributed by atoms with van der Waals surface area (Å²) >= 11 is 0. The largest absolute Gasteiger partial charge is 0.113 e. The van der Waals surface area contributed by atoms with E-state index in [0.717, 1.165) is 17.7 Å². The third kappa shape index (κ3) is 4.85. The van der Waals surface area contributed by atoms with E-state index in [2.05, 4.69) is 41.9 Å². The maximum atomic E-state index is 2.45. The van der Waals surface area contributed by atoms with Gasteiger partial charge >= 0.3 is 0 Å². The topological polar surface area (TPSA) is 0 Å². The molecular formula is C11H24B. The van der Waals surface area contributed by atoms with Gasteiger partial charge in [-0.15, -0.1) is 0 Å². The van der Waals surface area contributed by atoms with Crippen molar-refractivity contribution in [2.24, 2.45) is 11.8 Å². The number of hydrogen-bond acceptors (Lipinski definition) is 0. The molecule has 0 fully saturated rings. The Morgan fingerprint density at radius 1 is 1.00 bits per heavy atom. The molecule has 0 rings (SSSR count). The van der Waals surface area contributed by atoms with E-state index >= 15 is 0 Å². The van der Waals surface area contributed by atoms with Gasteiger partial charge in [0, 0.05) is 0 Å². The summed E-state index contributed by atoms with van der Waals surface area (Å²) in [5, 5.41) is 0. The van der Waals surface area contributed by atoms with Gasteiger partial charge < -0.3 is 0 Å². The van der Waals surface area contributed by atoms with Crippen LogP contribution in [0.15, 0.2) is 0 Å². The van der Waals surface area contributed by atoms with Gasteiger partial charge in [-0.2, -0.15) is 0 Å². The van der Waals surface area contributed by atoms with Gasteiger partial charge in [0.25, 0.3) is 0 Å². The monoisotopic (exact) mass is 167 g/mol. The van der Waals surface area contributed by atoms with Crippen molar-refractivity contribution < 1.29 is 0 Å². The predicted molar refractivity (Wildman–Crippen MR) is 58.9 cm³/mol. The molecule has 0 amide bonds. The molecule has 12 heavy (non-hydrogen) atoms. The van der Waals surface area contributed by atoms with Crippen LogP contribution < -0.4 is 0 Å². The molecule has 0 aliphatic rings. The standard InChI is InChI=1S/C11H24B/c1-6-11(7-2)10(5)8-12-9(3)4/h9-11H,6-8H2,1-5H3. The van der Waals surface area contributed by atoms with Crippen LogP contribution in [0, 0.1) is 11.8 Å². The van der Waals surface area contributed by atoms with E-state index < -0.39 is 0 Å². The summed E-state index contributed by atoms with van der Waals surface area (Å²) in [5.41, 5.74) is 0. The average Bonchev–Trinajstić information content (AvgIpc) is 2.03. The van der Waals surface area contributed by atoms with Crippen LogP contribution in [0.3, 0.4) is 0 Å². The van der Waals surface area contributed by atoms with Gasteiger partial charge in [0.2, 0.25) is 0 Å². The summed E-state index contributed by atoms with van der Waals surface area (Å²) in [6, 6.07) is 0. The lowest BCUT2D eigenvalue weighted by atomic mass is 9.59. The maximum absolute atomic E-state index is 2.45. The summed E-state index contributed by atoms with van der Waals surface area (Å²) in [4.78, 5) is 0. The summed E-state index contributed by atoms with van der Waals surface area (Å²) in [6.45, 7) is 11.5. The molecule has 1 heteroatoms. The Morgan fingerprint density at radius 3 is 1.83 bits per heavy atom. The van der Waals surface area contributed by atoms with Crippen molar-refractivity contribution >= 4 is 7.28 Å². The Morgan fingerprint density at radius 2 is 1.50 bits per heavy atom. The van der Waals surface area contributed by atoms with Crippen LogP contribution in [-0.2, 0) is 0 Å². The summed E-state index contributed by atoms with van der Waals surface area (Å²) in [7, 11) is 2.45. The minimum atomic E-state index is 0.752. The smallest absolute Gasteiger partial charge is 0.0772 e. The highest BCUT2D eigenvalue weighted by molar-refractivity contribution is 6.37. The van der Waals surface area contributed by atoms with Crippen LogP contribution >= 0.6 is 0 Å². The molecule has 0 saturated heterocycles. The second-order valence-corrected chi connectivity index (χ2v) is 4.27. The fraction of sp³-hybridized carbons (Fsp3) is 1.00. The van der Waals surface area contributed by atoms with Crippen molar-refractivity contribution in [3.8, 4) is 0 Å². The van der Waals surface area contributed by atoms with E-state index in [1.807, 2.05) is 0 Å². The Bertz CT molecular complexity index is 95.2. The molecule has 0 aromatic rings. The van der Waals surface area contributed by atoms with Gasteiger partial charge in [-0.1, -0.05) is 59.6 Å². The molecule has 1 radical (unpaired) electrons. The molecule has 0 saturated carbocycles. The normalized spacial score (nSPS) is 13.9. The number of rotatable bonds is 6. The summed E-state index contributed by atoms with van der Waals surface area (Å²) in [6.07, 6.45) is 3.97. The first-order chi connectivity index (χ1) is 5.61. The van der Waals surface area contributed by atoms with Gasteiger partial charge in [-0.05, 0) is 11.8 Å². The molecular weight excluding hydrogens is 143 g/mol. The van der Waals surface area contributed by atoms with Crippen LogP contribution in [0.5, 0.6) is 0 Å². The molecule has 0 spiro atoms. The second-order valence-electron chi connectivity index (χ2n) is 4.27. The van der Waals surface area contributed by atoms with Crippen LogP contribution in [-0.4, -0.2) is 7.28 Å². The van der Waals surface area contributed by atoms with Crippen molar-refractivity contribution in [2.45, 2.75) is 59.6 Å². The zero-order valence-corrected chi connectivity index (χ0v) is 9.43. The first kappa shape index (κ1) is 12.1. The van der Waals surface area contributed by atoms with Gasteiger partial charge in [0.15, 0.2) is 0 Å². The molecule has 71 valence electrons. The SMILES string of the molecule is CCC(CC)C(C)C[B]C(C)C. The lowest BCUT2D eigenvalue weighted by Crippen LogP contribution is -2.12. The molecule has 0 aromatic carbocycles. The van der Waals surface area contributed by atoms with Crippen LogP contribution in [0.2, 0.25) is 12.1 Å². The molecule has 0 N–H and O–H groups in total. The van der Waals surface area contributed by atoms with Crippen LogP contribution in [0.4, 0.5) is 0 Å². The van der Waals surface area contributed by atoms with Gasteiger partial charge in [0.05, 0.1) is 0 Å². The second kappa shape index (κ2) is 6.57. The fourth-order valence-electron chi connectivity index (χ4n) is 1.77. The van der Waals surface area contributed by atoms with Crippen LogP contribution in [0.1, 0.15) is 47.5 Å². The third-order valence-electron chi connectivity index (χ3n) is 2.83. The van der Waals surface area contributed by atoms with Crippen molar-refractivity contribution in [3.63, 3.8) is 0 Å². The van der Waals surface area contributed by atoms with E-state index in [0.29, 0.717) is 0 Å². The highest BCUT2D eigenvalue weighted by Gasteiger charge is 2.13. The molecule has 1 unspecified atom stereocenters. The highest BCUT2D eigenvalue weighted by Crippen LogP contribution is 2.23.